The molecule has 2 amide bonds. The minimum Gasteiger partial charge on any atom is -0.493 e. The number of azo groups is 1. The van der Waals surface area contributed by atoms with Gasteiger partial charge in [0.15, 0.2) is 5.69 Å². The fourth-order valence-corrected chi connectivity index (χ4v) is 2.67. The molecule has 0 radical (unpaired) electrons. The van der Waals surface area contributed by atoms with Crippen molar-refractivity contribution in [2.24, 2.45) is 10.2 Å². The van der Waals surface area contributed by atoms with Crippen molar-refractivity contribution in [3.8, 4) is 5.88 Å². The van der Waals surface area contributed by atoms with E-state index in [1.807, 2.05) is 31.2 Å². The molecule has 7 nitrogen and oxygen atoms in total. The van der Waals surface area contributed by atoms with Crippen LogP contribution in [-0.4, -0.2) is 28.4 Å². The molecular weight excluding hydrogens is 344 g/mol. The van der Waals surface area contributed by atoms with E-state index in [2.05, 4.69) is 20.5 Å². The van der Waals surface area contributed by atoms with Gasteiger partial charge in [0.05, 0.1) is 5.52 Å². The van der Waals surface area contributed by atoms with Crippen molar-refractivity contribution in [3.05, 3.63) is 59.7 Å². The molecule has 7 heteroatoms. The number of fused-ring (bicyclic) bond motifs is 1. The van der Waals surface area contributed by atoms with Crippen molar-refractivity contribution in [1.29, 1.82) is 0 Å². The number of benzene rings is 2. The minimum atomic E-state index is -0.412. The van der Waals surface area contributed by atoms with Crippen molar-refractivity contribution < 1.29 is 14.7 Å². The number of nitrogens with zero attached hydrogens (tertiary/aromatic N) is 2. The van der Waals surface area contributed by atoms with Crippen LogP contribution >= 0.6 is 0 Å². The first-order chi connectivity index (χ1) is 13.0. The molecule has 0 aliphatic carbocycles. The molecule has 2 aromatic carbocycles. The summed E-state index contributed by atoms with van der Waals surface area (Å²) < 4.78 is 0. The fourth-order valence-electron chi connectivity index (χ4n) is 2.67. The lowest BCUT2D eigenvalue weighted by atomic mass is 10.2. The molecule has 0 unspecified atom stereocenters. The topological polar surface area (TPSA) is 107 Å². The average molecular weight is 364 g/mol. The smallest absolute Gasteiger partial charge is 0.264 e. The van der Waals surface area contributed by atoms with Gasteiger partial charge in [-0.05, 0) is 37.6 Å². The molecular formula is C20H20N4O3. The summed E-state index contributed by atoms with van der Waals surface area (Å²) in [6.07, 6.45) is 0.607. The Bertz CT molecular complexity index is 993. The van der Waals surface area contributed by atoms with E-state index in [4.69, 9.17) is 0 Å². The predicted octanol–water partition coefficient (Wildman–Crippen LogP) is 4.00. The van der Waals surface area contributed by atoms with Gasteiger partial charge in [0.25, 0.3) is 11.8 Å². The van der Waals surface area contributed by atoms with Gasteiger partial charge >= 0.3 is 0 Å². The molecule has 0 atom stereocenters. The maximum atomic E-state index is 11.9. The van der Waals surface area contributed by atoms with Crippen molar-refractivity contribution in [1.82, 2.24) is 10.3 Å². The lowest BCUT2D eigenvalue weighted by Gasteiger charge is -2.03. The average Bonchev–Trinajstić information content (AvgIpc) is 2.98. The summed E-state index contributed by atoms with van der Waals surface area (Å²) in [6.45, 7) is 2.30. The predicted molar refractivity (Wildman–Crippen MR) is 102 cm³/mol. The summed E-state index contributed by atoms with van der Waals surface area (Å²) in [6, 6.07) is 14.5. The van der Waals surface area contributed by atoms with Crippen LogP contribution in [0.25, 0.3) is 10.9 Å². The third-order valence-electron chi connectivity index (χ3n) is 4.06. The van der Waals surface area contributed by atoms with E-state index >= 15 is 0 Å². The number of nitrogens with one attached hydrogen (secondary N) is 2. The van der Waals surface area contributed by atoms with Gasteiger partial charge < -0.3 is 15.4 Å². The highest BCUT2D eigenvalue weighted by Crippen LogP contribution is 2.35. The highest BCUT2D eigenvalue weighted by atomic mass is 16.3. The fraction of sp³-hybridized carbons (Fsp3) is 0.200. The quantitative estimate of drug-likeness (QED) is 0.454. The van der Waals surface area contributed by atoms with Gasteiger partial charge in [0.2, 0.25) is 5.88 Å². The SMILES string of the molecule is Cc1ccc2[nH]c(O)c(N=NC(=O)CCCNC(=O)c3ccccc3)c2c1. The summed E-state index contributed by atoms with van der Waals surface area (Å²) in [7, 11) is 0. The highest BCUT2D eigenvalue weighted by molar-refractivity contribution is 5.95. The first-order valence-corrected chi connectivity index (χ1v) is 8.63. The number of carbonyl (C=O) groups excluding carboxylic acids is 2. The Balaban J connectivity index is 1.52. The molecule has 27 heavy (non-hydrogen) atoms. The summed E-state index contributed by atoms with van der Waals surface area (Å²) in [4.78, 5) is 26.6. The zero-order valence-corrected chi connectivity index (χ0v) is 14.9. The standard InChI is InChI=1S/C20H20N4O3/c1-13-9-10-16-15(12-13)18(20(27)22-16)24-23-17(25)8-5-11-21-19(26)14-6-3-2-4-7-14/h2-4,6-7,9-10,12,22,27H,5,8,11H2,1H3,(H,21,26). The van der Waals surface area contributed by atoms with E-state index in [1.54, 1.807) is 24.3 Å². The number of aromatic nitrogens is 1. The Hall–Kier alpha value is -3.48. The molecule has 0 spiro atoms. The molecule has 138 valence electrons. The van der Waals surface area contributed by atoms with Gasteiger partial charge in [-0.3, -0.25) is 9.59 Å². The van der Waals surface area contributed by atoms with Gasteiger partial charge in [0, 0.05) is 23.9 Å². The molecule has 0 aliphatic rings. The first-order valence-electron chi connectivity index (χ1n) is 8.63. The summed E-state index contributed by atoms with van der Waals surface area (Å²) in [5, 5.41) is 21.0. The maximum absolute atomic E-state index is 11.9. The molecule has 1 heterocycles. The molecule has 3 rings (SSSR count). The second kappa shape index (κ2) is 8.27. The Labute approximate surface area is 156 Å². The van der Waals surface area contributed by atoms with Crippen LogP contribution in [0.5, 0.6) is 5.88 Å². The van der Waals surface area contributed by atoms with Crippen LogP contribution in [-0.2, 0) is 4.79 Å². The Kier molecular flexibility index (Phi) is 5.61. The van der Waals surface area contributed by atoms with Gasteiger partial charge in [-0.25, -0.2) is 0 Å². The normalized spacial score (nSPS) is 11.1. The minimum absolute atomic E-state index is 0.123. The van der Waals surface area contributed by atoms with Crippen LogP contribution in [0, 0.1) is 6.92 Å². The second-order valence-electron chi connectivity index (χ2n) is 6.19. The summed E-state index contributed by atoms with van der Waals surface area (Å²) in [5.74, 6) is -0.712. The number of amides is 2. The lowest BCUT2D eigenvalue weighted by molar-refractivity contribution is -0.118. The van der Waals surface area contributed by atoms with E-state index in [-0.39, 0.29) is 23.9 Å². The molecule has 3 N–H and O–H groups in total. The summed E-state index contributed by atoms with van der Waals surface area (Å²) >= 11 is 0. The number of H-pyrrole nitrogens is 1. The van der Waals surface area contributed by atoms with E-state index in [0.29, 0.717) is 23.9 Å². The van der Waals surface area contributed by atoms with Crippen molar-refractivity contribution in [2.45, 2.75) is 19.8 Å². The zero-order valence-electron chi connectivity index (χ0n) is 14.9. The number of hydrogen-bond acceptors (Lipinski definition) is 4. The van der Waals surface area contributed by atoms with E-state index in [9.17, 15) is 14.7 Å². The zero-order chi connectivity index (χ0) is 19.2. The monoisotopic (exact) mass is 364 g/mol. The van der Waals surface area contributed by atoms with Crippen molar-refractivity contribution in [2.75, 3.05) is 6.54 Å². The van der Waals surface area contributed by atoms with Crippen LogP contribution in [0.4, 0.5) is 5.69 Å². The molecule has 0 bridgehead atoms. The molecule has 0 saturated heterocycles. The van der Waals surface area contributed by atoms with Crippen LogP contribution in [0.3, 0.4) is 0 Å². The van der Waals surface area contributed by atoms with E-state index in [0.717, 1.165) is 11.1 Å². The second-order valence-corrected chi connectivity index (χ2v) is 6.19. The van der Waals surface area contributed by atoms with E-state index < -0.39 is 5.91 Å². The van der Waals surface area contributed by atoms with Gasteiger partial charge in [-0.2, -0.15) is 0 Å². The van der Waals surface area contributed by atoms with Gasteiger partial charge in [-0.15, -0.1) is 10.2 Å². The highest BCUT2D eigenvalue weighted by Gasteiger charge is 2.11. The van der Waals surface area contributed by atoms with Crippen molar-refractivity contribution in [3.63, 3.8) is 0 Å². The number of aryl methyl sites for hydroxylation is 1. The van der Waals surface area contributed by atoms with Crippen LogP contribution in [0.2, 0.25) is 0 Å². The number of hydrogen-bond donors (Lipinski definition) is 3. The van der Waals surface area contributed by atoms with Gasteiger partial charge in [0.1, 0.15) is 0 Å². The van der Waals surface area contributed by atoms with Crippen LogP contribution in [0.1, 0.15) is 28.8 Å². The lowest BCUT2D eigenvalue weighted by Crippen LogP contribution is -2.24. The van der Waals surface area contributed by atoms with Crippen molar-refractivity contribution >= 4 is 28.4 Å². The number of aromatic hydroxyl groups is 1. The molecule has 0 aliphatic heterocycles. The Morgan fingerprint density at radius 2 is 1.93 bits per heavy atom. The number of carbonyl (C=O) groups is 2. The van der Waals surface area contributed by atoms with E-state index in [1.165, 1.54) is 0 Å². The molecule has 0 saturated carbocycles. The first kappa shape index (κ1) is 18.3. The Morgan fingerprint density at radius 3 is 2.70 bits per heavy atom. The number of aromatic amines is 1. The Morgan fingerprint density at radius 1 is 1.15 bits per heavy atom. The summed E-state index contributed by atoms with van der Waals surface area (Å²) in [5.41, 5.74) is 2.56. The largest absolute Gasteiger partial charge is 0.493 e. The number of rotatable bonds is 6. The van der Waals surface area contributed by atoms with Gasteiger partial charge in [-0.1, -0.05) is 29.8 Å². The van der Waals surface area contributed by atoms with Crippen LogP contribution < -0.4 is 5.32 Å². The molecule has 3 aromatic rings. The molecule has 0 fully saturated rings. The third kappa shape index (κ3) is 4.58. The maximum Gasteiger partial charge on any atom is 0.264 e. The van der Waals surface area contributed by atoms with Crippen LogP contribution in [0.15, 0.2) is 58.8 Å². The molecule has 1 aromatic heterocycles. The third-order valence-corrected chi connectivity index (χ3v) is 4.06.